The highest BCUT2D eigenvalue weighted by Crippen LogP contribution is 2.25. The summed E-state index contributed by atoms with van der Waals surface area (Å²) in [5.41, 5.74) is 3.73. The third-order valence-corrected chi connectivity index (χ3v) is 6.24. The number of aryl methyl sites for hydroxylation is 2. The number of pyridine rings is 1. The molecule has 3 heterocycles. The number of nitrogens with zero attached hydrogens (tertiary/aromatic N) is 4. The van der Waals surface area contributed by atoms with Crippen LogP contribution >= 0.6 is 11.5 Å². The number of imidazole rings is 1. The normalized spacial score (nSPS) is 12.5. The van der Waals surface area contributed by atoms with Crippen molar-refractivity contribution < 1.29 is 8.78 Å². The van der Waals surface area contributed by atoms with Crippen molar-refractivity contribution >= 4 is 11.5 Å². The van der Waals surface area contributed by atoms with Crippen LogP contribution in [0.5, 0.6) is 0 Å². The molecule has 5 nitrogen and oxygen atoms in total. The predicted octanol–water partition coefficient (Wildman–Crippen LogP) is 5.25. The van der Waals surface area contributed by atoms with Gasteiger partial charge in [-0.15, -0.1) is 0 Å². The summed E-state index contributed by atoms with van der Waals surface area (Å²) < 4.78 is 34.5. The van der Waals surface area contributed by atoms with E-state index in [0.717, 1.165) is 27.4 Å². The zero-order valence-electron chi connectivity index (χ0n) is 17.4. The molecular formula is C23H22F2N4OS. The van der Waals surface area contributed by atoms with Crippen molar-refractivity contribution in [2.45, 2.75) is 39.7 Å². The topological polar surface area (TPSA) is 52.7 Å². The zero-order valence-corrected chi connectivity index (χ0v) is 18.2. The molecule has 0 saturated carbocycles. The van der Waals surface area contributed by atoms with Gasteiger partial charge in [0.15, 0.2) is 0 Å². The highest BCUT2D eigenvalue weighted by Gasteiger charge is 2.19. The zero-order chi connectivity index (χ0) is 22.1. The van der Waals surface area contributed by atoms with E-state index in [1.165, 1.54) is 28.4 Å². The summed E-state index contributed by atoms with van der Waals surface area (Å²) in [5, 5.41) is 0. The molecule has 31 heavy (non-hydrogen) atoms. The van der Waals surface area contributed by atoms with Crippen molar-refractivity contribution in [3.63, 3.8) is 0 Å². The summed E-state index contributed by atoms with van der Waals surface area (Å²) in [4.78, 5) is 18.2. The summed E-state index contributed by atoms with van der Waals surface area (Å²) in [6, 6.07) is 8.62. The Balaban J connectivity index is 1.71. The monoisotopic (exact) mass is 440 g/mol. The van der Waals surface area contributed by atoms with Crippen LogP contribution in [0.25, 0.3) is 5.69 Å². The molecule has 1 aromatic carbocycles. The SMILES string of the molecule is Cc1cn(-c2ccc(Cc3cc(C(F)F)cn([C@@H](C)c4ccns4)c3=O)cc2C)cn1. The van der Waals surface area contributed by atoms with Crippen molar-refractivity contribution in [3.8, 4) is 5.69 Å². The van der Waals surface area contributed by atoms with Gasteiger partial charge >= 0.3 is 0 Å². The number of aromatic nitrogens is 4. The van der Waals surface area contributed by atoms with E-state index in [-0.39, 0.29) is 23.6 Å². The maximum absolute atomic E-state index is 13.6. The molecule has 0 saturated heterocycles. The van der Waals surface area contributed by atoms with Gasteiger partial charge in [0.25, 0.3) is 12.0 Å². The second-order valence-electron chi connectivity index (χ2n) is 7.62. The van der Waals surface area contributed by atoms with E-state index in [1.807, 2.05) is 49.7 Å². The smallest absolute Gasteiger partial charge is 0.265 e. The molecule has 0 aliphatic heterocycles. The van der Waals surface area contributed by atoms with E-state index >= 15 is 0 Å². The minimum absolute atomic E-state index is 0.159. The summed E-state index contributed by atoms with van der Waals surface area (Å²) in [6.07, 6.45) is 4.21. The first kappa shape index (κ1) is 21.1. The minimum atomic E-state index is -2.66. The molecule has 4 rings (SSSR count). The maximum Gasteiger partial charge on any atom is 0.265 e. The summed E-state index contributed by atoms with van der Waals surface area (Å²) >= 11 is 1.26. The molecule has 0 aliphatic rings. The van der Waals surface area contributed by atoms with Crippen LogP contribution in [0.15, 0.2) is 60.0 Å². The molecule has 8 heteroatoms. The molecule has 4 aromatic rings. The Bertz CT molecular complexity index is 1260. The van der Waals surface area contributed by atoms with Gasteiger partial charge in [-0.25, -0.2) is 18.1 Å². The van der Waals surface area contributed by atoms with Gasteiger partial charge in [-0.2, -0.15) is 0 Å². The molecule has 3 aromatic heterocycles. The molecule has 0 aliphatic carbocycles. The number of hydrogen-bond acceptors (Lipinski definition) is 4. The Hall–Kier alpha value is -3.13. The largest absolute Gasteiger partial charge is 0.307 e. The molecule has 0 amide bonds. The average molecular weight is 441 g/mol. The van der Waals surface area contributed by atoms with Gasteiger partial charge < -0.3 is 9.13 Å². The van der Waals surface area contributed by atoms with Gasteiger partial charge in [0.05, 0.1) is 18.1 Å². The van der Waals surface area contributed by atoms with Crippen LogP contribution in [-0.2, 0) is 6.42 Å². The summed E-state index contributed by atoms with van der Waals surface area (Å²) in [6.45, 7) is 5.72. The minimum Gasteiger partial charge on any atom is -0.307 e. The van der Waals surface area contributed by atoms with Gasteiger partial charge in [0, 0.05) is 46.7 Å². The average Bonchev–Trinajstić information content (AvgIpc) is 3.41. The van der Waals surface area contributed by atoms with Crippen molar-refractivity contribution in [2.75, 3.05) is 0 Å². The molecular weight excluding hydrogens is 418 g/mol. The maximum atomic E-state index is 13.6. The number of rotatable bonds is 6. The Labute approximate surface area is 182 Å². The molecule has 0 spiro atoms. The number of benzene rings is 1. The highest BCUT2D eigenvalue weighted by molar-refractivity contribution is 7.05. The van der Waals surface area contributed by atoms with E-state index in [1.54, 1.807) is 18.6 Å². The van der Waals surface area contributed by atoms with Crippen molar-refractivity contribution in [1.29, 1.82) is 0 Å². The fourth-order valence-electron chi connectivity index (χ4n) is 3.69. The fraction of sp³-hybridized carbons (Fsp3) is 0.261. The van der Waals surface area contributed by atoms with Crippen LogP contribution in [0.4, 0.5) is 8.78 Å². The van der Waals surface area contributed by atoms with E-state index in [2.05, 4.69) is 9.36 Å². The van der Waals surface area contributed by atoms with E-state index < -0.39 is 6.43 Å². The van der Waals surface area contributed by atoms with Crippen LogP contribution in [0.3, 0.4) is 0 Å². The quantitative estimate of drug-likeness (QED) is 0.412. The Morgan fingerprint density at radius 2 is 1.94 bits per heavy atom. The van der Waals surface area contributed by atoms with Crippen LogP contribution in [0.2, 0.25) is 0 Å². The Morgan fingerprint density at radius 3 is 2.55 bits per heavy atom. The molecule has 0 bridgehead atoms. The first-order valence-corrected chi connectivity index (χ1v) is 10.6. The molecule has 0 unspecified atom stereocenters. The first-order chi connectivity index (χ1) is 14.8. The third kappa shape index (κ3) is 4.34. The van der Waals surface area contributed by atoms with Gasteiger partial charge in [-0.05, 0) is 61.6 Å². The number of hydrogen-bond donors (Lipinski definition) is 0. The van der Waals surface area contributed by atoms with Crippen LogP contribution in [0.1, 0.15) is 52.2 Å². The summed E-state index contributed by atoms with van der Waals surface area (Å²) in [7, 11) is 0. The predicted molar refractivity (Wildman–Crippen MR) is 117 cm³/mol. The lowest BCUT2D eigenvalue weighted by Gasteiger charge is -2.17. The van der Waals surface area contributed by atoms with E-state index in [0.29, 0.717) is 5.56 Å². The standard InChI is InChI=1S/C23H22F2N4OS/c1-14-8-17(4-5-20(14)28-11-15(2)26-13-28)9-18-10-19(22(24)25)12-29(23(18)30)16(3)21-6-7-27-31-21/h4-8,10-13,16,22H,9H2,1-3H3/t16-/m0/s1. The lowest BCUT2D eigenvalue weighted by molar-refractivity contribution is 0.150. The molecule has 1 atom stereocenters. The Kier molecular flexibility index (Phi) is 5.82. The molecule has 0 N–H and O–H groups in total. The number of alkyl halides is 2. The van der Waals surface area contributed by atoms with Crippen LogP contribution in [-0.4, -0.2) is 18.5 Å². The molecule has 0 fully saturated rings. The molecule has 160 valence electrons. The van der Waals surface area contributed by atoms with E-state index in [4.69, 9.17) is 0 Å². The second kappa shape index (κ2) is 8.55. The van der Waals surface area contributed by atoms with Crippen molar-refractivity contribution in [3.05, 3.63) is 98.4 Å². The van der Waals surface area contributed by atoms with Crippen LogP contribution < -0.4 is 5.56 Å². The van der Waals surface area contributed by atoms with Crippen molar-refractivity contribution in [2.24, 2.45) is 0 Å². The number of halogens is 2. The lowest BCUT2D eigenvalue weighted by atomic mass is 10.0. The summed E-state index contributed by atoms with van der Waals surface area (Å²) in [5.74, 6) is 0. The first-order valence-electron chi connectivity index (χ1n) is 9.87. The molecule has 0 radical (unpaired) electrons. The fourth-order valence-corrected chi connectivity index (χ4v) is 4.32. The van der Waals surface area contributed by atoms with Gasteiger partial charge in [0.2, 0.25) is 0 Å². The highest BCUT2D eigenvalue weighted by atomic mass is 32.1. The van der Waals surface area contributed by atoms with E-state index in [9.17, 15) is 13.6 Å². The second-order valence-corrected chi connectivity index (χ2v) is 8.49. The Morgan fingerprint density at radius 1 is 1.13 bits per heavy atom. The van der Waals surface area contributed by atoms with Gasteiger partial charge in [-0.1, -0.05) is 12.1 Å². The van der Waals surface area contributed by atoms with Crippen molar-refractivity contribution in [1.82, 2.24) is 18.5 Å². The third-order valence-electron chi connectivity index (χ3n) is 5.32. The van der Waals surface area contributed by atoms with Crippen LogP contribution in [0, 0.1) is 13.8 Å². The van der Waals surface area contributed by atoms with Gasteiger partial charge in [-0.3, -0.25) is 4.79 Å². The lowest BCUT2D eigenvalue weighted by Crippen LogP contribution is -2.27. The van der Waals surface area contributed by atoms with Gasteiger partial charge in [0.1, 0.15) is 0 Å².